The van der Waals surface area contributed by atoms with Crippen LogP contribution < -0.4 is 0 Å². The highest BCUT2D eigenvalue weighted by Gasteiger charge is 2.37. The van der Waals surface area contributed by atoms with Crippen LogP contribution in [0.15, 0.2) is 83.9 Å². The van der Waals surface area contributed by atoms with Crippen LogP contribution in [0.2, 0.25) is 0 Å². The average molecular weight is 370 g/mol. The number of carbonyl (C=O) groups excluding carboxylic acids is 1. The van der Waals surface area contributed by atoms with E-state index in [1.807, 2.05) is 59.5 Å². The molecule has 0 bridgehead atoms. The van der Waals surface area contributed by atoms with Gasteiger partial charge in [0.05, 0.1) is 18.5 Å². The second-order valence-corrected chi connectivity index (χ2v) is 7.58. The summed E-state index contributed by atoms with van der Waals surface area (Å²) in [5.41, 5.74) is 3.44. The molecular weight excluding hydrogens is 344 g/mol. The molecule has 0 spiro atoms. The number of amides is 1. The molecule has 3 heteroatoms. The second kappa shape index (κ2) is 7.97. The summed E-state index contributed by atoms with van der Waals surface area (Å²) in [4.78, 5) is 20.1. The fourth-order valence-corrected chi connectivity index (χ4v) is 3.78. The number of carbonyl (C=O) groups is 1. The molecule has 1 amide bonds. The first kappa shape index (κ1) is 18.4. The molecule has 0 fully saturated rings. The van der Waals surface area contributed by atoms with Gasteiger partial charge < -0.3 is 0 Å². The molecule has 2 aliphatic rings. The molecule has 3 nitrogen and oxygen atoms in total. The summed E-state index contributed by atoms with van der Waals surface area (Å²) in [7, 11) is 0. The van der Waals surface area contributed by atoms with E-state index in [1.165, 1.54) is 5.56 Å². The van der Waals surface area contributed by atoms with Crippen molar-refractivity contribution in [2.75, 3.05) is 0 Å². The van der Waals surface area contributed by atoms with Crippen molar-refractivity contribution >= 4 is 11.7 Å². The maximum absolute atomic E-state index is 13.3. The van der Waals surface area contributed by atoms with Gasteiger partial charge in [-0.1, -0.05) is 92.7 Å². The van der Waals surface area contributed by atoms with Gasteiger partial charge in [0.2, 0.25) is 5.91 Å². The maximum atomic E-state index is 13.3. The van der Waals surface area contributed by atoms with Gasteiger partial charge >= 0.3 is 0 Å². The van der Waals surface area contributed by atoms with Crippen molar-refractivity contribution in [1.82, 2.24) is 4.90 Å². The number of amidine groups is 1. The van der Waals surface area contributed by atoms with Gasteiger partial charge in [0.15, 0.2) is 0 Å². The second-order valence-electron chi connectivity index (χ2n) is 7.58. The van der Waals surface area contributed by atoms with Gasteiger partial charge in [-0.25, -0.2) is 0 Å². The Hall–Kier alpha value is -2.94. The molecular formula is C25H26N2O. The Kier molecular flexibility index (Phi) is 5.25. The molecule has 0 saturated heterocycles. The van der Waals surface area contributed by atoms with Crippen LogP contribution in [0, 0.1) is 5.92 Å². The summed E-state index contributed by atoms with van der Waals surface area (Å²) >= 11 is 0. The van der Waals surface area contributed by atoms with Crippen LogP contribution in [-0.4, -0.2) is 22.7 Å². The lowest BCUT2D eigenvalue weighted by atomic mass is 9.91. The van der Waals surface area contributed by atoms with E-state index in [0.717, 1.165) is 23.4 Å². The zero-order valence-electron chi connectivity index (χ0n) is 16.5. The maximum Gasteiger partial charge on any atom is 0.237 e. The highest BCUT2D eigenvalue weighted by Crippen LogP contribution is 2.28. The summed E-state index contributed by atoms with van der Waals surface area (Å²) in [5, 5.41) is 0. The predicted molar refractivity (Wildman–Crippen MR) is 114 cm³/mol. The van der Waals surface area contributed by atoms with Crippen molar-refractivity contribution in [2.45, 2.75) is 38.8 Å². The topological polar surface area (TPSA) is 32.7 Å². The molecule has 3 unspecified atom stereocenters. The van der Waals surface area contributed by atoms with Crippen molar-refractivity contribution in [3.8, 4) is 0 Å². The zero-order valence-corrected chi connectivity index (χ0v) is 16.5. The first-order chi connectivity index (χ1) is 13.7. The fraction of sp³-hybridized carbons (Fsp3) is 0.280. The van der Waals surface area contributed by atoms with Crippen molar-refractivity contribution in [1.29, 1.82) is 0 Å². The molecule has 3 atom stereocenters. The van der Waals surface area contributed by atoms with Gasteiger partial charge in [0.1, 0.15) is 5.84 Å². The smallest absolute Gasteiger partial charge is 0.237 e. The van der Waals surface area contributed by atoms with Gasteiger partial charge in [-0.2, -0.15) is 0 Å². The van der Waals surface area contributed by atoms with E-state index < -0.39 is 0 Å². The van der Waals surface area contributed by atoms with Crippen molar-refractivity contribution in [2.24, 2.45) is 10.9 Å². The molecule has 1 heterocycles. The fourth-order valence-electron chi connectivity index (χ4n) is 3.78. The first-order valence-corrected chi connectivity index (χ1v) is 10.1. The van der Waals surface area contributed by atoms with Crippen molar-refractivity contribution in [3.63, 3.8) is 0 Å². The molecule has 0 saturated carbocycles. The molecule has 0 radical (unpaired) electrons. The minimum atomic E-state index is -0.211. The lowest BCUT2D eigenvalue weighted by molar-refractivity contribution is -0.131. The highest BCUT2D eigenvalue weighted by molar-refractivity contribution is 6.10. The van der Waals surface area contributed by atoms with Gasteiger partial charge in [-0.05, 0) is 23.5 Å². The molecule has 142 valence electrons. The van der Waals surface area contributed by atoms with E-state index in [2.05, 4.69) is 38.1 Å². The van der Waals surface area contributed by atoms with Gasteiger partial charge in [-0.15, -0.1) is 0 Å². The Morgan fingerprint density at radius 3 is 2.43 bits per heavy atom. The molecule has 1 aliphatic heterocycles. The Labute approximate surface area is 167 Å². The number of aliphatic imine (C=N–C) groups is 1. The van der Waals surface area contributed by atoms with Gasteiger partial charge in [0.25, 0.3) is 0 Å². The van der Waals surface area contributed by atoms with Crippen molar-refractivity contribution < 1.29 is 4.79 Å². The van der Waals surface area contributed by atoms with E-state index >= 15 is 0 Å². The summed E-state index contributed by atoms with van der Waals surface area (Å²) in [5.74, 6) is 1.21. The third-order valence-corrected chi connectivity index (χ3v) is 5.72. The van der Waals surface area contributed by atoms with Crippen LogP contribution >= 0.6 is 0 Å². The van der Waals surface area contributed by atoms with Crippen LogP contribution in [0.25, 0.3) is 0 Å². The van der Waals surface area contributed by atoms with Crippen molar-refractivity contribution in [3.05, 3.63) is 95.6 Å². The van der Waals surface area contributed by atoms with E-state index in [1.54, 1.807) is 0 Å². The SMILES string of the molecule is CCC(C)c1ccc(CN2C(=O)C3C=CC=CC3N=C2c2ccccc2)cc1. The van der Waals surface area contributed by atoms with Crippen LogP contribution in [0.5, 0.6) is 0 Å². The first-order valence-electron chi connectivity index (χ1n) is 10.1. The lowest BCUT2D eigenvalue weighted by Crippen LogP contribution is -2.48. The van der Waals surface area contributed by atoms with E-state index in [-0.39, 0.29) is 17.9 Å². The number of hydrogen-bond acceptors (Lipinski definition) is 2. The van der Waals surface area contributed by atoms with E-state index in [9.17, 15) is 4.79 Å². The number of allylic oxidation sites excluding steroid dienone is 2. The van der Waals surface area contributed by atoms with E-state index in [4.69, 9.17) is 4.99 Å². The molecule has 0 N–H and O–H groups in total. The van der Waals surface area contributed by atoms with Crippen LogP contribution in [-0.2, 0) is 11.3 Å². The van der Waals surface area contributed by atoms with Crippen LogP contribution in [0.3, 0.4) is 0 Å². The Morgan fingerprint density at radius 2 is 1.71 bits per heavy atom. The van der Waals surface area contributed by atoms with Crippen LogP contribution in [0.4, 0.5) is 0 Å². The Balaban J connectivity index is 1.67. The van der Waals surface area contributed by atoms with Gasteiger partial charge in [-0.3, -0.25) is 14.7 Å². The summed E-state index contributed by atoms with van der Waals surface area (Å²) in [6.45, 7) is 4.98. The third-order valence-electron chi connectivity index (χ3n) is 5.72. The number of hydrogen-bond donors (Lipinski definition) is 0. The average Bonchev–Trinajstić information content (AvgIpc) is 2.76. The molecule has 4 rings (SSSR count). The molecule has 28 heavy (non-hydrogen) atoms. The monoisotopic (exact) mass is 370 g/mol. The van der Waals surface area contributed by atoms with E-state index in [0.29, 0.717) is 12.5 Å². The molecule has 2 aromatic carbocycles. The number of fused-ring (bicyclic) bond motifs is 1. The van der Waals surface area contributed by atoms with Crippen LogP contribution in [0.1, 0.15) is 42.9 Å². The minimum absolute atomic E-state index is 0.114. The quantitative estimate of drug-likeness (QED) is 0.721. The third kappa shape index (κ3) is 3.57. The Morgan fingerprint density at radius 1 is 1.00 bits per heavy atom. The molecule has 0 aromatic heterocycles. The minimum Gasteiger partial charge on any atom is -0.292 e. The zero-order chi connectivity index (χ0) is 19.5. The normalized spacial score (nSPS) is 22.0. The van der Waals surface area contributed by atoms with Gasteiger partial charge in [0, 0.05) is 5.56 Å². The highest BCUT2D eigenvalue weighted by atomic mass is 16.2. The largest absolute Gasteiger partial charge is 0.292 e. The molecule has 2 aromatic rings. The summed E-state index contributed by atoms with van der Waals surface area (Å²) in [6.07, 6.45) is 9.03. The number of rotatable bonds is 5. The molecule has 1 aliphatic carbocycles. The summed E-state index contributed by atoms with van der Waals surface area (Å²) < 4.78 is 0. The summed E-state index contributed by atoms with van der Waals surface area (Å²) in [6, 6.07) is 18.5. The Bertz CT molecular complexity index is 925. The predicted octanol–water partition coefficient (Wildman–Crippen LogP) is 5.10. The standard InChI is InChI=1S/C25H26N2O/c1-3-18(2)20-15-13-19(14-16-20)17-27-24(21-9-5-4-6-10-21)26-23-12-8-7-11-22(23)25(27)28/h4-16,18,22-23H,3,17H2,1-2H3. The lowest BCUT2D eigenvalue weighted by Gasteiger charge is -2.35. The number of nitrogens with zero attached hydrogens (tertiary/aromatic N) is 2. The number of benzene rings is 2.